The van der Waals surface area contributed by atoms with Crippen molar-refractivity contribution in [3.05, 3.63) is 28.8 Å². The van der Waals surface area contributed by atoms with Gasteiger partial charge in [0.2, 0.25) is 0 Å². The van der Waals surface area contributed by atoms with Crippen LogP contribution in [0.25, 0.3) is 0 Å². The van der Waals surface area contributed by atoms with E-state index in [0.717, 1.165) is 12.0 Å². The van der Waals surface area contributed by atoms with Crippen LogP contribution in [0.3, 0.4) is 0 Å². The number of amides is 1. The Kier molecular flexibility index (Phi) is 3.61. The molecule has 1 aromatic rings. The highest BCUT2D eigenvalue weighted by Gasteiger charge is 2.19. The van der Waals surface area contributed by atoms with Gasteiger partial charge in [-0.2, -0.15) is 4.99 Å². The van der Waals surface area contributed by atoms with Crippen LogP contribution < -0.4 is 11.5 Å². The summed E-state index contributed by atoms with van der Waals surface area (Å²) in [6.45, 7) is 4.11. The Bertz CT molecular complexity index is 521. The Labute approximate surface area is 111 Å². The Morgan fingerprint density at radius 2 is 2.17 bits per heavy atom. The van der Waals surface area contributed by atoms with E-state index in [1.54, 1.807) is 0 Å². The SMILES string of the molecule is Cc1cc2c(cc1C(=O)N=C(N)N)SC(C)CC2. The quantitative estimate of drug-likeness (QED) is 0.598. The fourth-order valence-corrected chi connectivity index (χ4v) is 3.26. The summed E-state index contributed by atoms with van der Waals surface area (Å²) in [6, 6.07) is 3.99. The fourth-order valence-electron chi connectivity index (χ4n) is 2.10. The average Bonchev–Trinajstić information content (AvgIpc) is 2.27. The molecule has 18 heavy (non-hydrogen) atoms. The third-order valence-electron chi connectivity index (χ3n) is 3.02. The van der Waals surface area contributed by atoms with Gasteiger partial charge in [0.1, 0.15) is 0 Å². The molecule has 4 nitrogen and oxygen atoms in total. The highest BCUT2D eigenvalue weighted by molar-refractivity contribution is 8.00. The molecule has 0 spiro atoms. The number of thioether (sulfide) groups is 1. The van der Waals surface area contributed by atoms with Crippen molar-refractivity contribution in [2.24, 2.45) is 16.5 Å². The summed E-state index contributed by atoms with van der Waals surface area (Å²) in [7, 11) is 0. The van der Waals surface area contributed by atoms with E-state index >= 15 is 0 Å². The highest BCUT2D eigenvalue weighted by Crippen LogP contribution is 2.36. The Balaban J connectivity index is 2.41. The number of guanidine groups is 1. The number of hydrogen-bond donors (Lipinski definition) is 2. The van der Waals surface area contributed by atoms with Gasteiger partial charge < -0.3 is 11.5 Å². The molecule has 0 radical (unpaired) electrons. The maximum Gasteiger partial charge on any atom is 0.280 e. The molecule has 0 saturated carbocycles. The Morgan fingerprint density at radius 3 is 2.83 bits per heavy atom. The number of rotatable bonds is 1. The minimum atomic E-state index is -0.367. The summed E-state index contributed by atoms with van der Waals surface area (Å²) in [6.07, 6.45) is 2.25. The number of nitrogens with zero attached hydrogens (tertiary/aromatic N) is 1. The second-order valence-corrected chi connectivity index (χ2v) is 6.06. The molecule has 96 valence electrons. The van der Waals surface area contributed by atoms with Gasteiger partial charge in [-0.1, -0.05) is 13.0 Å². The lowest BCUT2D eigenvalue weighted by Crippen LogP contribution is -2.24. The van der Waals surface area contributed by atoms with Gasteiger partial charge in [0.25, 0.3) is 5.91 Å². The summed E-state index contributed by atoms with van der Waals surface area (Å²) in [5.41, 5.74) is 13.3. The molecule has 0 aliphatic carbocycles. The van der Waals surface area contributed by atoms with Crippen LogP contribution in [-0.4, -0.2) is 17.1 Å². The predicted molar refractivity (Wildman–Crippen MR) is 75.0 cm³/mol. The molecule has 1 amide bonds. The summed E-state index contributed by atoms with van der Waals surface area (Å²) in [5, 5.41) is 0.589. The topological polar surface area (TPSA) is 81.5 Å². The Morgan fingerprint density at radius 1 is 1.44 bits per heavy atom. The zero-order chi connectivity index (χ0) is 13.3. The molecule has 5 heteroatoms. The van der Waals surface area contributed by atoms with Crippen molar-refractivity contribution >= 4 is 23.6 Å². The molecule has 1 aromatic carbocycles. The third kappa shape index (κ3) is 2.67. The maximum atomic E-state index is 11.9. The van der Waals surface area contributed by atoms with E-state index in [1.165, 1.54) is 16.9 Å². The lowest BCUT2D eigenvalue weighted by molar-refractivity contribution is 0.100. The van der Waals surface area contributed by atoms with Crippen LogP contribution >= 0.6 is 11.8 Å². The van der Waals surface area contributed by atoms with Crippen molar-refractivity contribution in [3.8, 4) is 0 Å². The van der Waals surface area contributed by atoms with Crippen LogP contribution in [0.2, 0.25) is 0 Å². The summed E-state index contributed by atoms with van der Waals surface area (Å²) < 4.78 is 0. The van der Waals surface area contributed by atoms with Gasteiger partial charge in [-0.15, -0.1) is 11.8 Å². The predicted octanol–water partition coefficient (Wildman–Crippen LogP) is 1.84. The minimum Gasteiger partial charge on any atom is -0.370 e. The van der Waals surface area contributed by atoms with Gasteiger partial charge in [-0.25, -0.2) is 0 Å². The lowest BCUT2D eigenvalue weighted by atomic mass is 10.0. The molecule has 1 aliphatic rings. The van der Waals surface area contributed by atoms with Gasteiger partial charge in [-0.05, 0) is 37.0 Å². The van der Waals surface area contributed by atoms with E-state index in [1.807, 2.05) is 24.8 Å². The third-order valence-corrected chi connectivity index (χ3v) is 4.29. The number of carbonyl (C=O) groups is 1. The zero-order valence-corrected chi connectivity index (χ0v) is 11.4. The van der Waals surface area contributed by atoms with Crippen molar-refractivity contribution in [2.45, 2.75) is 36.8 Å². The summed E-state index contributed by atoms with van der Waals surface area (Å²) in [4.78, 5) is 16.7. The van der Waals surface area contributed by atoms with Crippen molar-refractivity contribution in [2.75, 3.05) is 0 Å². The molecule has 0 fully saturated rings. The van der Waals surface area contributed by atoms with Crippen LogP contribution in [-0.2, 0) is 6.42 Å². The van der Waals surface area contributed by atoms with Gasteiger partial charge in [0.15, 0.2) is 5.96 Å². The molecule has 1 aliphatic heterocycles. The highest BCUT2D eigenvalue weighted by atomic mass is 32.2. The van der Waals surface area contributed by atoms with E-state index in [4.69, 9.17) is 11.5 Å². The molecule has 0 aromatic heterocycles. The van der Waals surface area contributed by atoms with E-state index < -0.39 is 0 Å². The molecule has 1 heterocycles. The fraction of sp³-hybridized carbons (Fsp3) is 0.385. The largest absolute Gasteiger partial charge is 0.370 e. The molecule has 1 atom stereocenters. The van der Waals surface area contributed by atoms with E-state index in [9.17, 15) is 4.79 Å². The molecular formula is C13H17N3OS. The first kappa shape index (κ1) is 13.0. The molecule has 0 bridgehead atoms. The van der Waals surface area contributed by atoms with E-state index in [0.29, 0.717) is 10.8 Å². The second kappa shape index (κ2) is 5.02. The average molecular weight is 263 g/mol. The van der Waals surface area contributed by atoms with E-state index in [2.05, 4.69) is 18.0 Å². The smallest absolute Gasteiger partial charge is 0.280 e. The van der Waals surface area contributed by atoms with Crippen molar-refractivity contribution < 1.29 is 4.79 Å². The first-order chi connectivity index (χ1) is 8.47. The molecule has 0 saturated heterocycles. The van der Waals surface area contributed by atoms with Crippen LogP contribution in [0.4, 0.5) is 0 Å². The molecule has 2 rings (SSSR count). The first-order valence-corrected chi connectivity index (χ1v) is 6.79. The number of benzene rings is 1. The summed E-state index contributed by atoms with van der Waals surface area (Å²) >= 11 is 1.81. The lowest BCUT2D eigenvalue weighted by Gasteiger charge is -2.22. The number of aliphatic imine (C=N–C) groups is 1. The van der Waals surface area contributed by atoms with Gasteiger partial charge >= 0.3 is 0 Å². The molecule has 4 N–H and O–H groups in total. The monoisotopic (exact) mass is 263 g/mol. The standard InChI is InChI=1S/C13H17N3OS/c1-7-5-9-4-3-8(2)18-11(9)6-10(7)12(17)16-13(14)15/h5-6,8H,3-4H2,1-2H3,(H4,14,15,16,17). The summed E-state index contributed by atoms with van der Waals surface area (Å²) in [5.74, 6) is -0.563. The maximum absolute atomic E-state index is 11.9. The van der Waals surface area contributed by atoms with Crippen LogP contribution in [0.1, 0.15) is 34.8 Å². The first-order valence-electron chi connectivity index (χ1n) is 5.91. The Hall–Kier alpha value is -1.49. The number of fused-ring (bicyclic) bond motifs is 1. The normalized spacial score (nSPS) is 18.0. The van der Waals surface area contributed by atoms with Gasteiger partial charge in [0, 0.05) is 15.7 Å². The van der Waals surface area contributed by atoms with Gasteiger partial charge in [0.05, 0.1) is 0 Å². The van der Waals surface area contributed by atoms with Crippen LogP contribution in [0.5, 0.6) is 0 Å². The van der Waals surface area contributed by atoms with Crippen molar-refractivity contribution in [1.29, 1.82) is 0 Å². The zero-order valence-electron chi connectivity index (χ0n) is 10.6. The number of hydrogen-bond acceptors (Lipinski definition) is 2. The van der Waals surface area contributed by atoms with Crippen LogP contribution in [0, 0.1) is 6.92 Å². The van der Waals surface area contributed by atoms with Gasteiger partial charge in [-0.3, -0.25) is 4.79 Å². The minimum absolute atomic E-state index is 0.196. The van der Waals surface area contributed by atoms with Crippen LogP contribution in [0.15, 0.2) is 22.0 Å². The number of nitrogens with two attached hydrogens (primary N) is 2. The van der Waals surface area contributed by atoms with Crippen molar-refractivity contribution in [1.82, 2.24) is 0 Å². The second-order valence-electron chi connectivity index (χ2n) is 4.58. The van der Waals surface area contributed by atoms with E-state index in [-0.39, 0.29) is 11.9 Å². The molecular weight excluding hydrogens is 246 g/mol. The number of aryl methyl sites for hydroxylation is 2. The number of carbonyl (C=O) groups excluding carboxylic acids is 1. The van der Waals surface area contributed by atoms with Crippen molar-refractivity contribution in [3.63, 3.8) is 0 Å². The molecule has 1 unspecified atom stereocenters.